The first-order valence-corrected chi connectivity index (χ1v) is 13.7. The number of ether oxygens (including phenoxy) is 1. The Balaban J connectivity index is -0.000000329. The van der Waals surface area contributed by atoms with Crippen molar-refractivity contribution in [2.75, 3.05) is 34.3 Å². The maximum atomic E-state index is 11.0. The van der Waals surface area contributed by atoms with Crippen molar-refractivity contribution in [1.29, 1.82) is 0 Å². The molecule has 0 saturated carbocycles. The first kappa shape index (κ1) is 41.4. The number of carboxylic acid groups (broad SMARTS) is 1. The molecule has 0 bridgehead atoms. The Bertz CT molecular complexity index is 595. The zero-order valence-electron chi connectivity index (χ0n) is 25.8. The summed E-state index contributed by atoms with van der Waals surface area (Å²) in [6.07, 6.45) is 7.13. The predicted octanol–water partition coefficient (Wildman–Crippen LogP) is 6.62. The van der Waals surface area contributed by atoms with Gasteiger partial charge in [0.1, 0.15) is 12.9 Å². The Labute approximate surface area is 224 Å². The van der Waals surface area contributed by atoms with E-state index in [0.29, 0.717) is 12.0 Å². The lowest BCUT2D eigenvalue weighted by Gasteiger charge is -2.38. The van der Waals surface area contributed by atoms with Crippen LogP contribution in [0.3, 0.4) is 0 Å². The van der Waals surface area contributed by atoms with Gasteiger partial charge in [-0.15, -0.1) is 0 Å². The van der Waals surface area contributed by atoms with Crippen molar-refractivity contribution in [3.8, 4) is 0 Å². The second-order valence-corrected chi connectivity index (χ2v) is 8.92. The monoisotopic (exact) mass is 513 g/mol. The minimum absolute atomic E-state index is 0.202. The Morgan fingerprint density at radius 1 is 0.917 bits per heavy atom. The van der Waals surface area contributed by atoms with Crippen molar-refractivity contribution >= 4 is 12.3 Å². The number of carboxylic acids is 1. The molecular weight excluding hydrogens is 452 g/mol. The maximum absolute atomic E-state index is 11.0. The van der Waals surface area contributed by atoms with Gasteiger partial charge in [-0.05, 0) is 78.5 Å². The smallest absolute Gasteiger partial charge is 0.335 e. The molecule has 0 fully saturated rings. The number of rotatable bonds is 13. The van der Waals surface area contributed by atoms with Gasteiger partial charge in [-0.25, -0.2) is 4.79 Å². The van der Waals surface area contributed by atoms with Crippen LogP contribution in [0.5, 0.6) is 0 Å². The van der Waals surface area contributed by atoms with Gasteiger partial charge < -0.3 is 25.3 Å². The molecule has 6 nitrogen and oxygen atoms in total. The fourth-order valence-corrected chi connectivity index (χ4v) is 2.81. The number of nitrogens with one attached hydrogen (secondary N) is 2. The molecule has 214 valence electrons. The lowest BCUT2D eigenvalue weighted by molar-refractivity contribution is -0.196. The Morgan fingerprint density at radius 2 is 1.42 bits per heavy atom. The number of hydrogen-bond acceptors (Lipinski definition) is 4. The minimum atomic E-state index is -0.909. The van der Waals surface area contributed by atoms with E-state index in [-0.39, 0.29) is 11.0 Å². The van der Waals surface area contributed by atoms with Gasteiger partial charge in [-0.1, -0.05) is 53.2 Å². The number of aldehydes is 1. The molecule has 1 rings (SSSR count). The number of aromatic carboxylic acids is 1. The predicted molar refractivity (Wildman–Crippen MR) is 159 cm³/mol. The lowest BCUT2D eigenvalue weighted by Crippen LogP contribution is -2.47. The Morgan fingerprint density at radius 3 is 1.78 bits per heavy atom. The highest BCUT2D eigenvalue weighted by molar-refractivity contribution is 5.87. The molecule has 0 radical (unpaired) electrons. The zero-order chi connectivity index (χ0) is 29.0. The molecule has 1 aromatic carbocycles. The summed E-state index contributed by atoms with van der Waals surface area (Å²) in [7, 11) is 5.73. The molecule has 1 aromatic rings. The summed E-state index contributed by atoms with van der Waals surface area (Å²) in [5, 5.41) is 14.8. The molecule has 0 aliphatic carbocycles. The second kappa shape index (κ2) is 27.8. The van der Waals surface area contributed by atoms with Gasteiger partial charge in [-0.2, -0.15) is 0 Å². The molecule has 36 heavy (non-hydrogen) atoms. The second-order valence-electron chi connectivity index (χ2n) is 8.92. The summed E-state index contributed by atoms with van der Waals surface area (Å²) >= 11 is 0. The molecule has 0 saturated heterocycles. The van der Waals surface area contributed by atoms with E-state index in [1.165, 1.54) is 12.8 Å². The molecule has 0 unspecified atom stereocenters. The molecular formula is C30H61N2O4+. The maximum Gasteiger partial charge on any atom is 0.335 e. The molecule has 0 amide bonds. The standard InChI is InChI=1S/C19H28O4.C5H13N.C2H7N.2C2H6/c1-18(2,16-11-9-15(10-12-16)17(21)22)19(3,4)23-14-8-6-5-7-13-20;1-3-4-5-6-2;1-3-2;2*1-2/h9-13H,5-8,14H2,1-4H3,(H,21,22);6H,3-5H2,1-2H3;3H,1-2H3;2*1-2H3/p+1. The van der Waals surface area contributed by atoms with Crippen molar-refractivity contribution in [3.63, 3.8) is 0 Å². The van der Waals surface area contributed by atoms with E-state index in [1.807, 2.05) is 61.0 Å². The number of carbonyl (C=O) groups is 2. The lowest BCUT2D eigenvalue weighted by atomic mass is 9.71. The van der Waals surface area contributed by atoms with E-state index >= 15 is 0 Å². The van der Waals surface area contributed by atoms with Crippen LogP contribution in [-0.2, 0) is 10.2 Å². The Kier molecular flexibility index (Phi) is 32.0. The van der Waals surface area contributed by atoms with E-state index in [4.69, 9.17) is 9.84 Å². The molecule has 0 aliphatic rings. The van der Waals surface area contributed by atoms with Crippen LogP contribution < -0.4 is 10.6 Å². The highest BCUT2D eigenvalue weighted by atomic mass is 16.5. The minimum Gasteiger partial charge on any atom is -0.478 e. The first-order chi connectivity index (χ1) is 17.0. The van der Waals surface area contributed by atoms with Gasteiger partial charge in [0.15, 0.2) is 5.60 Å². The molecule has 0 aromatic heterocycles. The van der Waals surface area contributed by atoms with Crippen LogP contribution in [0.25, 0.3) is 0 Å². The zero-order valence-corrected chi connectivity index (χ0v) is 25.8. The van der Waals surface area contributed by atoms with Gasteiger partial charge in [0.05, 0.1) is 11.0 Å². The molecule has 0 aliphatic heterocycles. The van der Waals surface area contributed by atoms with Crippen LogP contribution in [0.2, 0.25) is 0 Å². The van der Waals surface area contributed by atoms with E-state index in [1.54, 1.807) is 12.1 Å². The molecule has 0 spiro atoms. The van der Waals surface area contributed by atoms with E-state index in [0.717, 1.165) is 44.3 Å². The summed E-state index contributed by atoms with van der Waals surface area (Å²) in [4.78, 5) is 21.3. The third kappa shape index (κ3) is 20.4. The number of carbonyl (C=O) groups excluding carboxylic acids is 1. The Hall–Kier alpha value is -1.76. The van der Waals surface area contributed by atoms with Crippen LogP contribution in [0.15, 0.2) is 24.3 Å². The van der Waals surface area contributed by atoms with Crippen LogP contribution in [-0.4, -0.2) is 62.0 Å². The average molecular weight is 514 g/mol. The van der Waals surface area contributed by atoms with Gasteiger partial charge >= 0.3 is 5.97 Å². The van der Waals surface area contributed by atoms with Gasteiger partial charge in [0.2, 0.25) is 0 Å². The molecule has 0 atom stereocenters. The van der Waals surface area contributed by atoms with Crippen molar-refractivity contribution in [3.05, 3.63) is 35.4 Å². The van der Waals surface area contributed by atoms with Crippen LogP contribution >= 0.6 is 0 Å². The van der Waals surface area contributed by atoms with Crippen molar-refractivity contribution in [2.24, 2.45) is 0 Å². The SMILES string of the molecule is CC.CC.CC(C)([OH+]CCCCCC=O)C(C)(C)c1ccc(C(=O)O)cc1.CCCCNC.CNC. The van der Waals surface area contributed by atoms with E-state index in [9.17, 15) is 9.59 Å². The summed E-state index contributed by atoms with van der Waals surface area (Å²) in [5.41, 5.74) is 0.918. The van der Waals surface area contributed by atoms with Gasteiger partial charge in [0, 0.05) is 26.7 Å². The molecule has 0 heterocycles. The molecule has 4 N–H and O–H groups in total. The van der Waals surface area contributed by atoms with Crippen LogP contribution in [0.1, 0.15) is 117 Å². The topological polar surface area (TPSA) is 91.2 Å². The molecule has 6 heteroatoms. The summed E-state index contributed by atoms with van der Waals surface area (Å²) in [5.74, 6) is -0.909. The first-order valence-electron chi connectivity index (χ1n) is 13.7. The van der Waals surface area contributed by atoms with Crippen molar-refractivity contribution in [1.82, 2.24) is 10.6 Å². The normalized spacial score (nSPS) is 10.1. The summed E-state index contributed by atoms with van der Waals surface area (Å²) in [6.45, 7) is 20.6. The third-order valence-corrected chi connectivity index (χ3v) is 5.65. The van der Waals surface area contributed by atoms with Crippen molar-refractivity contribution < 1.29 is 19.4 Å². The number of benzene rings is 1. The highest BCUT2D eigenvalue weighted by Crippen LogP contribution is 2.36. The van der Waals surface area contributed by atoms with Crippen LogP contribution in [0, 0.1) is 0 Å². The summed E-state index contributed by atoms with van der Waals surface area (Å²) < 4.78 is 4.85. The third-order valence-electron chi connectivity index (χ3n) is 5.65. The van der Waals surface area contributed by atoms with E-state index in [2.05, 4.69) is 45.3 Å². The average Bonchev–Trinajstić information content (AvgIpc) is 2.88. The number of aliphatic hydroxyl groups is 2. The van der Waals surface area contributed by atoms with Gasteiger partial charge in [-0.3, -0.25) is 0 Å². The number of hydrogen-bond donors (Lipinski definition) is 3. The van der Waals surface area contributed by atoms with E-state index < -0.39 is 5.97 Å². The fraction of sp³-hybridized carbons (Fsp3) is 0.733. The van der Waals surface area contributed by atoms with Crippen molar-refractivity contribution in [2.45, 2.75) is 112 Å². The highest BCUT2D eigenvalue weighted by Gasteiger charge is 2.43. The van der Waals surface area contributed by atoms with Gasteiger partial charge in [0.25, 0.3) is 0 Å². The number of unbranched alkanes of at least 4 members (excludes halogenated alkanes) is 4. The largest absolute Gasteiger partial charge is 0.478 e. The van der Waals surface area contributed by atoms with Crippen LogP contribution in [0.4, 0.5) is 0 Å². The summed E-state index contributed by atoms with van der Waals surface area (Å²) in [6, 6.07) is 7.06. The quantitative estimate of drug-likeness (QED) is 0.157. The fourth-order valence-electron chi connectivity index (χ4n) is 2.81.